The van der Waals surface area contributed by atoms with Crippen molar-refractivity contribution in [3.63, 3.8) is 0 Å². The molecule has 3 rings (SSSR count). The molecule has 2 aliphatic rings. The predicted octanol–water partition coefficient (Wildman–Crippen LogP) is 2.49. The number of carbonyl (C=O) groups is 1. The van der Waals surface area contributed by atoms with Gasteiger partial charge in [0.25, 0.3) is 0 Å². The molecule has 1 saturated carbocycles. The Balaban J connectivity index is 1.64. The number of hydrogen-bond acceptors (Lipinski definition) is 3. The van der Waals surface area contributed by atoms with Gasteiger partial charge in [0.2, 0.25) is 5.91 Å². The standard InChI is InChI=1S/C19H31N3O2/c1-13-15(14(2)21(5)20-13)7-8-17(23)22-9-16-18(3,4)10-19(16,11-22)12-24-6/h16H,7-12H2,1-6H3/t16-,19-/m1/s1. The first-order valence-electron chi connectivity index (χ1n) is 8.96. The normalized spacial score (nSPS) is 27.9. The van der Waals surface area contributed by atoms with E-state index in [1.54, 1.807) is 7.11 Å². The molecule has 0 radical (unpaired) electrons. The summed E-state index contributed by atoms with van der Waals surface area (Å²) in [7, 11) is 3.73. The summed E-state index contributed by atoms with van der Waals surface area (Å²) in [5.41, 5.74) is 3.94. The van der Waals surface area contributed by atoms with Crippen LogP contribution >= 0.6 is 0 Å². The molecular formula is C19H31N3O2. The van der Waals surface area contributed by atoms with Crippen LogP contribution in [-0.4, -0.2) is 47.4 Å². The molecule has 24 heavy (non-hydrogen) atoms. The fourth-order valence-electron chi connectivity index (χ4n) is 5.37. The number of methoxy groups -OCH3 is 1. The van der Waals surface area contributed by atoms with Crippen molar-refractivity contribution in [2.45, 2.75) is 47.0 Å². The number of aromatic nitrogens is 2. The van der Waals surface area contributed by atoms with Crippen LogP contribution in [0, 0.1) is 30.6 Å². The van der Waals surface area contributed by atoms with Gasteiger partial charge in [0.15, 0.2) is 0 Å². The highest BCUT2D eigenvalue weighted by atomic mass is 16.5. The van der Waals surface area contributed by atoms with Gasteiger partial charge in [0.1, 0.15) is 0 Å². The van der Waals surface area contributed by atoms with Crippen LogP contribution < -0.4 is 0 Å². The van der Waals surface area contributed by atoms with Crippen molar-refractivity contribution in [1.82, 2.24) is 14.7 Å². The van der Waals surface area contributed by atoms with Gasteiger partial charge in [-0.25, -0.2) is 0 Å². The maximum atomic E-state index is 12.8. The molecule has 1 aliphatic heterocycles. The van der Waals surface area contributed by atoms with Gasteiger partial charge >= 0.3 is 0 Å². The summed E-state index contributed by atoms with van der Waals surface area (Å²) in [6, 6.07) is 0. The molecule has 0 aromatic carbocycles. The molecule has 5 nitrogen and oxygen atoms in total. The fraction of sp³-hybridized carbons (Fsp3) is 0.789. The molecule has 1 amide bonds. The number of nitrogens with zero attached hydrogens (tertiary/aromatic N) is 3. The Morgan fingerprint density at radius 1 is 1.38 bits per heavy atom. The van der Waals surface area contributed by atoms with E-state index in [0.717, 1.165) is 38.2 Å². The lowest BCUT2D eigenvalue weighted by molar-refractivity contribution is -0.130. The summed E-state index contributed by atoms with van der Waals surface area (Å²) in [6.45, 7) is 11.3. The van der Waals surface area contributed by atoms with Crippen LogP contribution in [0.1, 0.15) is 43.6 Å². The van der Waals surface area contributed by atoms with E-state index in [0.29, 0.717) is 17.8 Å². The zero-order chi connectivity index (χ0) is 17.7. The third-order valence-corrected chi connectivity index (χ3v) is 6.43. The number of fused-ring (bicyclic) bond motifs is 1. The molecule has 0 bridgehead atoms. The van der Waals surface area contributed by atoms with Crippen molar-refractivity contribution in [1.29, 1.82) is 0 Å². The quantitative estimate of drug-likeness (QED) is 0.832. The van der Waals surface area contributed by atoms with Crippen molar-refractivity contribution in [3.8, 4) is 0 Å². The van der Waals surface area contributed by atoms with Crippen molar-refractivity contribution >= 4 is 5.91 Å². The third kappa shape index (κ3) is 2.67. The Kier molecular flexibility index (Phi) is 4.27. The van der Waals surface area contributed by atoms with Gasteiger partial charge in [-0.2, -0.15) is 5.10 Å². The summed E-state index contributed by atoms with van der Waals surface area (Å²) in [5.74, 6) is 0.842. The molecular weight excluding hydrogens is 302 g/mol. The van der Waals surface area contributed by atoms with E-state index in [9.17, 15) is 4.79 Å². The monoisotopic (exact) mass is 333 g/mol. The summed E-state index contributed by atoms with van der Waals surface area (Å²) in [4.78, 5) is 14.9. The molecule has 2 heterocycles. The fourth-order valence-corrected chi connectivity index (χ4v) is 5.37. The maximum absolute atomic E-state index is 12.8. The van der Waals surface area contributed by atoms with E-state index in [-0.39, 0.29) is 11.3 Å². The molecule has 2 fully saturated rings. The Morgan fingerprint density at radius 3 is 2.62 bits per heavy atom. The van der Waals surface area contributed by atoms with Gasteiger partial charge in [-0.05, 0) is 43.6 Å². The van der Waals surface area contributed by atoms with Crippen molar-refractivity contribution in [2.24, 2.45) is 23.8 Å². The lowest BCUT2D eigenvalue weighted by Crippen LogP contribution is -2.55. The lowest BCUT2D eigenvalue weighted by atomic mass is 9.48. The number of aryl methyl sites for hydroxylation is 2. The number of carbonyl (C=O) groups excluding carboxylic acids is 1. The highest BCUT2D eigenvalue weighted by Gasteiger charge is 2.63. The molecule has 1 aromatic heterocycles. The molecule has 1 saturated heterocycles. The maximum Gasteiger partial charge on any atom is 0.222 e. The molecule has 1 aromatic rings. The second-order valence-electron chi connectivity index (χ2n) is 8.56. The number of hydrogen-bond donors (Lipinski definition) is 0. The van der Waals surface area contributed by atoms with Crippen LogP contribution in [0.25, 0.3) is 0 Å². The van der Waals surface area contributed by atoms with Crippen molar-refractivity contribution < 1.29 is 9.53 Å². The SMILES string of the molecule is COC[C@@]12CN(C(=O)CCc3c(C)nn(C)c3C)C[C@@H]1C(C)(C)C2. The van der Waals surface area contributed by atoms with E-state index in [1.807, 2.05) is 18.7 Å². The van der Waals surface area contributed by atoms with Gasteiger partial charge in [-0.3, -0.25) is 9.48 Å². The lowest BCUT2D eigenvalue weighted by Gasteiger charge is -2.56. The smallest absolute Gasteiger partial charge is 0.222 e. The number of rotatable bonds is 5. The van der Waals surface area contributed by atoms with Crippen molar-refractivity contribution in [2.75, 3.05) is 26.8 Å². The van der Waals surface area contributed by atoms with Crippen LogP contribution in [0.4, 0.5) is 0 Å². The van der Waals surface area contributed by atoms with Gasteiger partial charge in [0, 0.05) is 44.8 Å². The zero-order valence-corrected chi connectivity index (χ0v) is 16.0. The molecule has 1 aliphatic carbocycles. The first-order valence-corrected chi connectivity index (χ1v) is 8.96. The summed E-state index contributed by atoms with van der Waals surface area (Å²) in [6.07, 6.45) is 2.51. The average Bonchev–Trinajstić information content (AvgIpc) is 2.93. The molecule has 0 unspecified atom stereocenters. The molecule has 2 atom stereocenters. The minimum Gasteiger partial charge on any atom is -0.384 e. The summed E-state index contributed by atoms with van der Waals surface area (Å²) in [5, 5.41) is 4.45. The van der Waals surface area contributed by atoms with E-state index >= 15 is 0 Å². The Morgan fingerprint density at radius 2 is 2.08 bits per heavy atom. The predicted molar refractivity (Wildman–Crippen MR) is 93.8 cm³/mol. The molecule has 5 heteroatoms. The van der Waals surface area contributed by atoms with E-state index < -0.39 is 0 Å². The van der Waals surface area contributed by atoms with Crippen LogP contribution in [0.2, 0.25) is 0 Å². The van der Waals surface area contributed by atoms with Crippen LogP contribution in [0.15, 0.2) is 0 Å². The zero-order valence-electron chi connectivity index (χ0n) is 16.0. The van der Waals surface area contributed by atoms with E-state index in [1.165, 1.54) is 11.3 Å². The van der Waals surface area contributed by atoms with Gasteiger partial charge in [0.05, 0.1) is 12.3 Å². The Hall–Kier alpha value is -1.36. The van der Waals surface area contributed by atoms with E-state index in [2.05, 4.69) is 30.8 Å². The Bertz CT molecular complexity index is 649. The largest absolute Gasteiger partial charge is 0.384 e. The van der Waals surface area contributed by atoms with Crippen LogP contribution in [-0.2, 0) is 23.0 Å². The minimum absolute atomic E-state index is 0.189. The third-order valence-electron chi connectivity index (χ3n) is 6.43. The summed E-state index contributed by atoms with van der Waals surface area (Å²) >= 11 is 0. The van der Waals surface area contributed by atoms with Gasteiger partial charge in [-0.1, -0.05) is 13.8 Å². The Labute approximate surface area is 145 Å². The van der Waals surface area contributed by atoms with Gasteiger partial charge < -0.3 is 9.64 Å². The highest BCUT2D eigenvalue weighted by Crippen LogP contribution is 2.62. The summed E-state index contributed by atoms with van der Waals surface area (Å²) < 4.78 is 7.39. The van der Waals surface area contributed by atoms with Gasteiger partial charge in [-0.15, -0.1) is 0 Å². The molecule has 134 valence electrons. The second kappa shape index (κ2) is 5.87. The topological polar surface area (TPSA) is 47.4 Å². The van der Waals surface area contributed by atoms with Crippen molar-refractivity contribution in [3.05, 3.63) is 17.0 Å². The highest BCUT2D eigenvalue weighted by molar-refractivity contribution is 5.77. The first kappa shape index (κ1) is 17.5. The number of likely N-dealkylation sites (tertiary alicyclic amines) is 1. The van der Waals surface area contributed by atoms with Crippen LogP contribution in [0.5, 0.6) is 0 Å². The number of ether oxygens (including phenoxy) is 1. The molecule has 0 N–H and O–H groups in total. The van der Waals surface area contributed by atoms with Crippen LogP contribution in [0.3, 0.4) is 0 Å². The average molecular weight is 333 g/mol. The number of amides is 1. The minimum atomic E-state index is 0.189. The second-order valence-corrected chi connectivity index (χ2v) is 8.56. The molecule has 0 spiro atoms. The van der Waals surface area contributed by atoms with E-state index in [4.69, 9.17) is 4.74 Å². The first-order chi connectivity index (χ1) is 11.2.